The number of thiophene rings is 1. The molecular weight excluding hydrogens is 266 g/mol. The molecule has 0 saturated carbocycles. The molecule has 2 aromatic rings. The van der Waals surface area contributed by atoms with Crippen molar-refractivity contribution < 1.29 is 4.79 Å². The van der Waals surface area contributed by atoms with Crippen LogP contribution in [-0.4, -0.2) is 15.5 Å². The van der Waals surface area contributed by atoms with E-state index in [2.05, 4.69) is 4.98 Å². The van der Waals surface area contributed by atoms with Gasteiger partial charge < -0.3 is 5.73 Å². The summed E-state index contributed by atoms with van der Waals surface area (Å²) in [5.74, 6) is -0.437. The molecular formula is C12H15N3O3S. The molecule has 0 aliphatic carbocycles. The highest BCUT2D eigenvalue weighted by molar-refractivity contribution is 7.18. The van der Waals surface area contributed by atoms with Gasteiger partial charge in [0.15, 0.2) is 0 Å². The molecule has 102 valence electrons. The monoisotopic (exact) mass is 281 g/mol. The first kappa shape index (κ1) is 13.5. The molecule has 0 aliphatic rings. The Morgan fingerprint density at radius 2 is 2.05 bits per heavy atom. The molecule has 0 spiro atoms. The average Bonchev–Trinajstić information content (AvgIpc) is 2.59. The zero-order valence-electron chi connectivity index (χ0n) is 10.8. The van der Waals surface area contributed by atoms with E-state index < -0.39 is 11.6 Å². The maximum Gasteiger partial charge on any atom is 0.329 e. The molecule has 0 aromatic carbocycles. The van der Waals surface area contributed by atoms with Gasteiger partial charge in [-0.15, -0.1) is 11.3 Å². The van der Waals surface area contributed by atoms with Gasteiger partial charge in [-0.2, -0.15) is 0 Å². The Morgan fingerprint density at radius 3 is 2.68 bits per heavy atom. The number of hydrogen-bond acceptors (Lipinski definition) is 4. The summed E-state index contributed by atoms with van der Waals surface area (Å²) in [5.41, 5.74) is 5.19. The Bertz CT molecular complexity index is 754. The first-order chi connectivity index (χ1) is 8.91. The lowest BCUT2D eigenvalue weighted by Crippen LogP contribution is -2.35. The highest BCUT2D eigenvalue weighted by Gasteiger charge is 2.13. The van der Waals surface area contributed by atoms with Crippen LogP contribution in [0.4, 0.5) is 0 Å². The van der Waals surface area contributed by atoms with Gasteiger partial charge >= 0.3 is 5.69 Å². The van der Waals surface area contributed by atoms with Crippen molar-refractivity contribution in [3.63, 3.8) is 0 Å². The number of nitrogens with two attached hydrogens (primary N) is 1. The highest BCUT2D eigenvalue weighted by Crippen LogP contribution is 2.24. The fraction of sp³-hybridized carbons (Fsp3) is 0.417. The van der Waals surface area contributed by atoms with Crippen molar-refractivity contribution in [2.75, 3.05) is 0 Å². The summed E-state index contributed by atoms with van der Waals surface area (Å²) in [4.78, 5) is 39.1. The van der Waals surface area contributed by atoms with Gasteiger partial charge in [0.05, 0.1) is 5.39 Å². The molecule has 0 saturated heterocycles. The van der Waals surface area contributed by atoms with Crippen LogP contribution in [0.25, 0.3) is 10.2 Å². The van der Waals surface area contributed by atoms with E-state index in [-0.39, 0.29) is 18.5 Å². The van der Waals surface area contributed by atoms with E-state index in [4.69, 9.17) is 5.73 Å². The Hall–Kier alpha value is -1.89. The highest BCUT2D eigenvalue weighted by atomic mass is 32.1. The smallest absolute Gasteiger partial charge is 0.329 e. The molecule has 19 heavy (non-hydrogen) atoms. The number of aryl methyl sites for hydroxylation is 2. The molecule has 2 rings (SSSR count). The van der Waals surface area contributed by atoms with Gasteiger partial charge in [-0.25, -0.2) is 4.79 Å². The topological polar surface area (TPSA) is 97.9 Å². The van der Waals surface area contributed by atoms with Crippen LogP contribution in [-0.2, 0) is 11.3 Å². The van der Waals surface area contributed by atoms with Crippen LogP contribution >= 0.6 is 11.3 Å². The molecule has 0 atom stereocenters. The Kier molecular flexibility index (Phi) is 3.57. The van der Waals surface area contributed by atoms with Crippen LogP contribution in [0.1, 0.15) is 23.3 Å². The lowest BCUT2D eigenvalue weighted by molar-refractivity contribution is -0.118. The van der Waals surface area contributed by atoms with E-state index in [0.717, 1.165) is 15.0 Å². The molecule has 0 unspecified atom stereocenters. The Balaban J connectivity index is 2.50. The molecule has 0 fully saturated rings. The maximum atomic E-state index is 12.3. The number of nitrogens with zero attached hydrogens (tertiary/aromatic N) is 1. The van der Waals surface area contributed by atoms with Crippen molar-refractivity contribution in [3.05, 3.63) is 31.3 Å². The summed E-state index contributed by atoms with van der Waals surface area (Å²) in [6, 6.07) is 0. The van der Waals surface area contributed by atoms with Crippen LogP contribution < -0.4 is 17.0 Å². The van der Waals surface area contributed by atoms with E-state index >= 15 is 0 Å². The molecule has 1 amide bonds. The van der Waals surface area contributed by atoms with Gasteiger partial charge in [0, 0.05) is 17.8 Å². The minimum Gasteiger partial charge on any atom is -0.370 e. The number of primary amides is 1. The molecule has 6 nitrogen and oxygen atoms in total. The third-order valence-electron chi connectivity index (χ3n) is 3.11. The summed E-state index contributed by atoms with van der Waals surface area (Å²) in [7, 11) is 0. The third kappa shape index (κ3) is 2.46. The second-order valence-electron chi connectivity index (χ2n) is 4.44. The summed E-state index contributed by atoms with van der Waals surface area (Å²) in [5, 5.41) is 0.557. The number of fused-ring (bicyclic) bond motifs is 1. The number of carbonyl (C=O) groups is 1. The normalized spacial score (nSPS) is 11.1. The number of aromatic amines is 1. The van der Waals surface area contributed by atoms with Gasteiger partial charge in [0.2, 0.25) is 5.91 Å². The number of carbonyl (C=O) groups excluding carboxylic acids is 1. The maximum absolute atomic E-state index is 12.3. The van der Waals surface area contributed by atoms with Crippen molar-refractivity contribution in [2.45, 2.75) is 33.2 Å². The fourth-order valence-electron chi connectivity index (χ4n) is 1.98. The van der Waals surface area contributed by atoms with Crippen molar-refractivity contribution >= 4 is 27.5 Å². The largest absolute Gasteiger partial charge is 0.370 e. The van der Waals surface area contributed by atoms with E-state index in [1.54, 1.807) is 0 Å². The lowest BCUT2D eigenvalue weighted by Gasteiger charge is -2.03. The predicted octanol–water partition coefficient (Wildman–Crippen LogP) is 0.634. The van der Waals surface area contributed by atoms with Gasteiger partial charge in [-0.3, -0.25) is 19.1 Å². The number of aromatic nitrogens is 2. The van der Waals surface area contributed by atoms with Crippen molar-refractivity contribution in [2.24, 2.45) is 5.73 Å². The average molecular weight is 281 g/mol. The summed E-state index contributed by atoms with van der Waals surface area (Å²) >= 11 is 1.40. The number of amides is 1. The molecule has 0 radical (unpaired) electrons. The van der Waals surface area contributed by atoms with Crippen LogP contribution in [0.3, 0.4) is 0 Å². The van der Waals surface area contributed by atoms with E-state index in [9.17, 15) is 14.4 Å². The van der Waals surface area contributed by atoms with Crippen molar-refractivity contribution in [1.29, 1.82) is 0 Å². The summed E-state index contributed by atoms with van der Waals surface area (Å²) in [6.07, 6.45) is 0.539. The SMILES string of the molecule is Cc1sc2[nH]c(=O)n(CCCC(N)=O)c(=O)c2c1C. The minimum atomic E-state index is -0.441. The van der Waals surface area contributed by atoms with Gasteiger partial charge in [-0.05, 0) is 25.8 Å². The lowest BCUT2D eigenvalue weighted by atomic mass is 10.2. The molecule has 2 heterocycles. The van der Waals surface area contributed by atoms with Gasteiger partial charge in [0.1, 0.15) is 4.83 Å². The fourth-order valence-corrected chi connectivity index (χ4v) is 3.02. The van der Waals surface area contributed by atoms with E-state index in [0.29, 0.717) is 16.6 Å². The van der Waals surface area contributed by atoms with Crippen LogP contribution in [0.5, 0.6) is 0 Å². The molecule has 2 aromatic heterocycles. The number of hydrogen-bond donors (Lipinski definition) is 2. The second-order valence-corrected chi connectivity index (χ2v) is 5.67. The zero-order chi connectivity index (χ0) is 14.2. The number of rotatable bonds is 4. The minimum absolute atomic E-state index is 0.158. The van der Waals surface area contributed by atoms with Crippen LogP contribution in [0, 0.1) is 13.8 Å². The van der Waals surface area contributed by atoms with Crippen molar-refractivity contribution in [3.8, 4) is 0 Å². The molecule has 0 bridgehead atoms. The second kappa shape index (κ2) is 5.00. The first-order valence-corrected chi connectivity index (χ1v) is 6.74. The zero-order valence-corrected chi connectivity index (χ0v) is 11.6. The van der Waals surface area contributed by atoms with Crippen molar-refractivity contribution in [1.82, 2.24) is 9.55 Å². The van der Waals surface area contributed by atoms with E-state index in [1.165, 1.54) is 11.3 Å². The molecule has 0 aliphatic heterocycles. The van der Waals surface area contributed by atoms with Crippen LogP contribution in [0.2, 0.25) is 0 Å². The summed E-state index contributed by atoms with van der Waals surface area (Å²) < 4.78 is 1.13. The Labute approximate surface area is 112 Å². The van der Waals surface area contributed by atoms with Gasteiger partial charge in [0.25, 0.3) is 5.56 Å². The van der Waals surface area contributed by atoms with Crippen LogP contribution in [0.15, 0.2) is 9.59 Å². The number of H-pyrrole nitrogens is 1. The quantitative estimate of drug-likeness (QED) is 0.860. The standard InChI is InChI=1S/C12H15N3O3S/c1-6-7(2)19-10-9(6)11(17)15(12(18)14-10)5-3-4-8(13)16/h3-5H2,1-2H3,(H2,13,16)(H,14,18). The Morgan fingerprint density at radius 1 is 1.37 bits per heavy atom. The van der Waals surface area contributed by atoms with Gasteiger partial charge in [-0.1, -0.05) is 0 Å². The summed E-state index contributed by atoms with van der Waals surface area (Å²) in [6.45, 7) is 3.97. The molecule has 7 heteroatoms. The molecule has 3 N–H and O–H groups in total. The third-order valence-corrected chi connectivity index (χ3v) is 4.24. The predicted molar refractivity (Wildman–Crippen MR) is 74.6 cm³/mol. The first-order valence-electron chi connectivity index (χ1n) is 5.93. The van der Waals surface area contributed by atoms with E-state index in [1.807, 2.05) is 13.8 Å². The number of nitrogens with one attached hydrogen (secondary N) is 1.